The van der Waals surface area contributed by atoms with E-state index in [1.54, 1.807) is 0 Å². The van der Waals surface area contributed by atoms with Crippen molar-refractivity contribution in [2.24, 2.45) is 0 Å². The summed E-state index contributed by atoms with van der Waals surface area (Å²) in [6.07, 6.45) is 0. The monoisotopic (exact) mass is 310 g/mol. The minimum absolute atomic E-state index is 0.241. The molecule has 0 aliphatic carbocycles. The van der Waals surface area contributed by atoms with Gasteiger partial charge in [0.2, 0.25) is 0 Å². The molecule has 0 aliphatic rings. The van der Waals surface area contributed by atoms with Crippen LogP contribution in [0.1, 0.15) is 0 Å². The minimum atomic E-state index is -4.15. The first-order valence-electron chi connectivity index (χ1n) is 3.61. The second-order valence-electron chi connectivity index (χ2n) is 2.50. The Kier molecular flexibility index (Phi) is 4.23. The van der Waals surface area contributed by atoms with Crippen LogP contribution < -0.4 is 4.74 Å². The predicted molar refractivity (Wildman–Crippen MR) is 56.1 cm³/mol. The maximum Gasteiger partial charge on any atom is 0.387 e. The zero-order chi connectivity index (χ0) is 12.5. The first kappa shape index (κ1) is 13.8. The summed E-state index contributed by atoms with van der Waals surface area (Å²) in [7, 11) is 0.875. The summed E-state index contributed by atoms with van der Waals surface area (Å²) in [6.45, 7) is -3.18. The molecule has 0 unspecified atom stereocenters. The Bertz CT molecular complexity index is 504. The van der Waals surface area contributed by atoms with Crippen LogP contribution in [0.5, 0.6) is 5.75 Å². The molecule has 9 heteroatoms. The molecule has 0 aromatic heterocycles. The van der Waals surface area contributed by atoms with Gasteiger partial charge in [-0.15, -0.1) is 0 Å². The number of rotatable bonds is 3. The van der Waals surface area contributed by atoms with E-state index in [1.165, 1.54) is 0 Å². The number of ether oxygens (including phenoxy) is 1. The minimum Gasteiger partial charge on any atom is -0.432 e. The van der Waals surface area contributed by atoms with E-state index < -0.39 is 31.3 Å². The van der Waals surface area contributed by atoms with E-state index >= 15 is 0 Å². The molecule has 16 heavy (non-hydrogen) atoms. The molecule has 90 valence electrons. The van der Waals surface area contributed by atoms with Crippen LogP contribution in [0.15, 0.2) is 17.0 Å². The van der Waals surface area contributed by atoms with E-state index in [1.807, 2.05) is 0 Å². The van der Waals surface area contributed by atoms with Crippen LogP contribution in [-0.4, -0.2) is 15.0 Å². The molecule has 0 bridgehead atoms. The highest BCUT2D eigenvalue weighted by Gasteiger charge is 2.22. The standard InChI is InChI=1S/C7H3Cl3F2O3S/c8-3-1-2-4(16(10,13)14)5(9)6(3)15-7(11)12/h1-2,7H. The Balaban J connectivity index is 3.39. The molecule has 1 aromatic carbocycles. The van der Waals surface area contributed by atoms with E-state index in [2.05, 4.69) is 4.74 Å². The van der Waals surface area contributed by atoms with Crippen LogP contribution in [0.4, 0.5) is 8.78 Å². The fraction of sp³-hybridized carbons (Fsp3) is 0.143. The Hall–Kier alpha value is -0.300. The van der Waals surface area contributed by atoms with E-state index in [0.717, 1.165) is 12.1 Å². The molecule has 0 N–H and O–H groups in total. The maximum absolute atomic E-state index is 12.0. The largest absolute Gasteiger partial charge is 0.432 e. The van der Waals surface area contributed by atoms with Gasteiger partial charge in [-0.1, -0.05) is 23.2 Å². The lowest BCUT2D eigenvalue weighted by Crippen LogP contribution is -2.04. The highest BCUT2D eigenvalue weighted by Crippen LogP contribution is 2.39. The molecular weight excluding hydrogens is 308 g/mol. The molecule has 0 atom stereocenters. The zero-order valence-corrected chi connectivity index (χ0v) is 10.3. The quantitative estimate of drug-likeness (QED) is 0.802. The van der Waals surface area contributed by atoms with Crippen LogP contribution in [0.2, 0.25) is 10.0 Å². The van der Waals surface area contributed by atoms with Crippen LogP contribution in [0.3, 0.4) is 0 Å². The molecule has 0 fully saturated rings. The average Bonchev–Trinajstić information content (AvgIpc) is 2.09. The maximum atomic E-state index is 12.0. The third-order valence-electron chi connectivity index (χ3n) is 1.48. The molecule has 1 rings (SSSR count). The molecule has 0 amide bonds. The van der Waals surface area contributed by atoms with Crippen molar-refractivity contribution in [3.8, 4) is 5.75 Å². The Morgan fingerprint density at radius 1 is 1.25 bits per heavy atom. The third kappa shape index (κ3) is 3.10. The van der Waals surface area contributed by atoms with Crippen LogP contribution >= 0.6 is 33.9 Å². The second-order valence-corrected chi connectivity index (χ2v) is 5.82. The van der Waals surface area contributed by atoms with Crippen molar-refractivity contribution in [3.63, 3.8) is 0 Å². The molecule has 0 aliphatic heterocycles. The lowest BCUT2D eigenvalue weighted by atomic mass is 10.3. The summed E-state index contributed by atoms with van der Waals surface area (Å²) in [4.78, 5) is -0.545. The Labute approximate surface area is 104 Å². The highest BCUT2D eigenvalue weighted by molar-refractivity contribution is 8.13. The van der Waals surface area contributed by atoms with Gasteiger partial charge in [-0.05, 0) is 12.1 Å². The summed E-state index contributed by atoms with van der Waals surface area (Å²) in [5, 5.41) is -0.822. The summed E-state index contributed by atoms with van der Waals surface area (Å²) < 4.78 is 50.0. The molecule has 3 nitrogen and oxygen atoms in total. The SMILES string of the molecule is O=S(=O)(Cl)c1ccc(Cl)c(OC(F)F)c1Cl. The first-order chi connectivity index (χ1) is 7.23. The van der Waals surface area contributed by atoms with Gasteiger partial charge in [-0.25, -0.2) is 8.42 Å². The predicted octanol–water partition coefficient (Wildman–Crippen LogP) is 3.52. The molecule has 1 aromatic rings. The number of hydrogen-bond donors (Lipinski definition) is 0. The smallest absolute Gasteiger partial charge is 0.387 e. The Morgan fingerprint density at radius 2 is 1.81 bits per heavy atom. The molecule has 0 radical (unpaired) electrons. The van der Waals surface area contributed by atoms with Gasteiger partial charge in [0.05, 0.1) is 5.02 Å². The van der Waals surface area contributed by atoms with Crippen molar-refractivity contribution in [3.05, 3.63) is 22.2 Å². The van der Waals surface area contributed by atoms with Crippen LogP contribution in [0, 0.1) is 0 Å². The summed E-state index contributed by atoms with van der Waals surface area (Å²) in [5.74, 6) is -0.625. The van der Waals surface area contributed by atoms with Crippen molar-refractivity contribution >= 4 is 42.9 Å². The normalized spacial score (nSPS) is 11.9. The van der Waals surface area contributed by atoms with Crippen molar-refractivity contribution < 1.29 is 21.9 Å². The fourth-order valence-corrected chi connectivity index (χ4v) is 2.71. The molecule has 0 saturated heterocycles. The van der Waals surface area contributed by atoms with Crippen molar-refractivity contribution in [2.75, 3.05) is 0 Å². The van der Waals surface area contributed by atoms with E-state index in [9.17, 15) is 17.2 Å². The number of hydrogen-bond acceptors (Lipinski definition) is 3. The van der Waals surface area contributed by atoms with Gasteiger partial charge in [0.15, 0.2) is 5.75 Å². The lowest BCUT2D eigenvalue weighted by molar-refractivity contribution is -0.0498. The highest BCUT2D eigenvalue weighted by atomic mass is 35.7. The fourth-order valence-electron chi connectivity index (χ4n) is 0.900. The van der Waals surface area contributed by atoms with Gasteiger partial charge in [0, 0.05) is 10.7 Å². The van der Waals surface area contributed by atoms with Gasteiger partial charge in [0.25, 0.3) is 9.05 Å². The lowest BCUT2D eigenvalue weighted by Gasteiger charge is -2.10. The summed E-state index contributed by atoms with van der Waals surface area (Å²) in [6, 6.07) is 2.03. The average molecular weight is 312 g/mol. The molecule has 0 heterocycles. The summed E-state index contributed by atoms with van der Waals surface area (Å²) >= 11 is 11.1. The topological polar surface area (TPSA) is 43.4 Å². The van der Waals surface area contributed by atoms with Crippen molar-refractivity contribution in [1.82, 2.24) is 0 Å². The third-order valence-corrected chi connectivity index (χ3v) is 3.63. The first-order valence-corrected chi connectivity index (χ1v) is 6.67. The summed E-state index contributed by atoms with van der Waals surface area (Å²) in [5.41, 5.74) is 0. The number of halogens is 5. The van der Waals surface area contributed by atoms with Gasteiger partial charge in [0.1, 0.15) is 9.92 Å². The molecular formula is C7H3Cl3F2O3S. The molecule has 0 saturated carbocycles. The second kappa shape index (κ2) is 4.91. The zero-order valence-electron chi connectivity index (χ0n) is 7.25. The van der Waals surface area contributed by atoms with E-state index in [0.29, 0.717) is 0 Å². The van der Waals surface area contributed by atoms with Gasteiger partial charge < -0.3 is 4.74 Å². The van der Waals surface area contributed by atoms with Crippen molar-refractivity contribution in [2.45, 2.75) is 11.5 Å². The number of benzene rings is 1. The van der Waals surface area contributed by atoms with Crippen molar-refractivity contribution in [1.29, 1.82) is 0 Å². The number of alkyl halides is 2. The molecule has 0 spiro atoms. The van der Waals surface area contributed by atoms with E-state index in [4.69, 9.17) is 33.9 Å². The van der Waals surface area contributed by atoms with Gasteiger partial charge >= 0.3 is 6.61 Å². The Morgan fingerprint density at radius 3 is 2.25 bits per heavy atom. The van der Waals surface area contributed by atoms with E-state index in [-0.39, 0.29) is 5.02 Å². The van der Waals surface area contributed by atoms with Crippen LogP contribution in [0.25, 0.3) is 0 Å². The van der Waals surface area contributed by atoms with Gasteiger partial charge in [-0.3, -0.25) is 0 Å². The van der Waals surface area contributed by atoms with Crippen LogP contribution in [-0.2, 0) is 9.05 Å². The van der Waals surface area contributed by atoms with Gasteiger partial charge in [-0.2, -0.15) is 8.78 Å².